The van der Waals surface area contributed by atoms with Crippen LogP contribution < -0.4 is 5.32 Å². The number of rotatable bonds is 3. The van der Waals surface area contributed by atoms with Gasteiger partial charge in [-0.05, 0) is 43.0 Å². The molecule has 0 saturated heterocycles. The van der Waals surface area contributed by atoms with Crippen LogP contribution in [0.5, 0.6) is 0 Å². The van der Waals surface area contributed by atoms with Gasteiger partial charge in [-0.15, -0.1) is 11.3 Å². The smallest absolute Gasteiger partial charge is 0.337 e. The van der Waals surface area contributed by atoms with E-state index in [0.717, 1.165) is 30.9 Å². The maximum atomic E-state index is 13.8. The number of carbonyl (C=O) groups is 2. The van der Waals surface area contributed by atoms with E-state index in [1.807, 2.05) is 6.07 Å². The molecule has 108 valence electrons. The summed E-state index contributed by atoms with van der Waals surface area (Å²) in [4.78, 5) is 24.9. The topological polar surface area (TPSA) is 66.4 Å². The zero-order valence-electron chi connectivity index (χ0n) is 11.0. The quantitative estimate of drug-likeness (QED) is 0.914. The lowest BCUT2D eigenvalue weighted by molar-refractivity contribution is 0.0697. The third-order valence-electron chi connectivity index (χ3n) is 3.45. The van der Waals surface area contributed by atoms with Crippen LogP contribution in [-0.2, 0) is 12.8 Å². The van der Waals surface area contributed by atoms with Crippen LogP contribution in [0.1, 0.15) is 36.9 Å². The van der Waals surface area contributed by atoms with Crippen LogP contribution >= 0.6 is 11.3 Å². The highest BCUT2D eigenvalue weighted by Crippen LogP contribution is 2.31. The predicted octanol–water partition coefficient (Wildman–Crippen LogP) is 3.33. The Bertz CT molecular complexity index is 717. The first kappa shape index (κ1) is 13.8. The second kappa shape index (κ2) is 5.29. The largest absolute Gasteiger partial charge is 0.478 e. The Kier molecular flexibility index (Phi) is 3.47. The van der Waals surface area contributed by atoms with Crippen molar-refractivity contribution in [3.05, 3.63) is 51.0 Å². The summed E-state index contributed by atoms with van der Waals surface area (Å²) in [6.07, 6.45) is 3.02. The van der Waals surface area contributed by atoms with E-state index in [0.29, 0.717) is 4.88 Å². The number of carboxylic acids is 1. The summed E-state index contributed by atoms with van der Waals surface area (Å²) < 4.78 is 13.8. The molecule has 1 aliphatic carbocycles. The van der Waals surface area contributed by atoms with Gasteiger partial charge < -0.3 is 10.4 Å². The first-order chi connectivity index (χ1) is 10.1. The highest BCUT2D eigenvalue weighted by molar-refractivity contribution is 7.14. The second-order valence-corrected chi connectivity index (χ2v) is 5.97. The molecule has 0 saturated carbocycles. The fourth-order valence-corrected chi connectivity index (χ4v) is 3.59. The number of carboxylic acid groups (broad SMARTS) is 1. The van der Waals surface area contributed by atoms with Crippen molar-refractivity contribution in [3.8, 4) is 0 Å². The summed E-state index contributed by atoms with van der Waals surface area (Å²) in [5.74, 6) is -2.51. The summed E-state index contributed by atoms with van der Waals surface area (Å²) >= 11 is 1.39. The van der Waals surface area contributed by atoms with E-state index in [4.69, 9.17) is 5.11 Å². The second-order valence-electron chi connectivity index (χ2n) is 4.83. The van der Waals surface area contributed by atoms with Crippen molar-refractivity contribution in [2.24, 2.45) is 0 Å². The van der Waals surface area contributed by atoms with Gasteiger partial charge in [0.2, 0.25) is 0 Å². The van der Waals surface area contributed by atoms with Crippen molar-refractivity contribution in [3.63, 3.8) is 0 Å². The van der Waals surface area contributed by atoms with Gasteiger partial charge in [-0.1, -0.05) is 6.07 Å². The lowest BCUT2D eigenvalue weighted by atomic mass is 10.1. The number of aromatic carboxylic acids is 1. The average molecular weight is 305 g/mol. The SMILES string of the molecule is O=C(Nc1c(F)cccc1C(=O)O)c1cc2c(s1)CCC2. The summed E-state index contributed by atoms with van der Waals surface area (Å²) in [5, 5.41) is 11.4. The predicted molar refractivity (Wildman–Crippen MR) is 77.7 cm³/mol. The molecular weight excluding hydrogens is 293 g/mol. The van der Waals surface area contributed by atoms with Gasteiger partial charge in [0.15, 0.2) is 0 Å². The molecule has 0 atom stereocenters. The lowest BCUT2D eigenvalue weighted by Gasteiger charge is -2.08. The third-order valence-corrected chi connectivity index (χ3v) is 4.69. The molecular formula is C15H12FNO3S. The van der Waals surface area contributed by atoms with Crippen molar-refractivity contribution in [2.75, 3.05) is 5.32 Å². The van der Waals surface area contributed by atoms with Crippen LogP contribution in [0.2, 0.25) is 0 Å². The molecule has 0 unspecified atom stereocenters. The highest BCUT2D eigenvalue weighted by atomic mass is 32.1. The van der Waals surface area contributed by atoms with Gasteiger partial charge in [-0.3, -0.25) is 4.79 Å². The summed E-state index contributed by atoms with van der Waals surface area (Å²) in [6, 6.07) is 5.49. The fourth-order valence-electron chi connectivity index (χ4n) is 2.45. The highest BCUT2D eigenvalue weighted by Gasteiger charge is 2.21. The molecule has 1 aromatic carbocycles. The minimum Gasteiger partial charge on any atom is -0.478 e. The molecule has 6 heteroatoms. The van der Waals surface area contributed by atoms with E-state index in [1.165, 1.54) is 28.3 Å². The molecule has 0 fully saturated rings. The molecule has 4 nitrogen and oxygen atoms in total. The monoisotopic (exact) mass is 305 g/mol. The lowest BCUT2D eigenvalue weighted by Crippen LogP contribution is -2.15. The number of hydrogen-bond acceptors (Lipinski definition) is 3. The number of para-hydroxylation sites is 1. The number of fused-ring (bicyclic) bond motifs is 1. The van der Waals surface area contributed by atoms with Crippen molar-refractivity contribution in [1.82, 2.24) is 0 Å². The average Bonchev–Trinajstić information content (AvgIpc) is 3.01. The van der Waals surface area contributed by atoms with E-state index < -0.39 is 17.7 Å². The zero-order valence-corrected chi connectivity index (χ0v) is 11.8. The molecule has 1 aromatic heterocycles. The first-order valence-corrected chi connectivity index (χ1v) is 7.32. The van der Waals surface area contributed by atoms with Crippen molar-refractivity contribution < 1.29 is 19.1 Å². The van der Waals surface area contributed by atoms with Crippen molar-refractivity contribution >= 4 is 28.9 Å². The molecule has 0 radical (unpaired) electrons. The van der Waals surface area contributed by atoms with Gasteiger partial charge in [-0.25, -0.2) is 9.18 Å². The number of benzene rings is 1. The normalized spacial score (nSPS) is 13.0. The van der Waals surface area contributed by atoms with Gasteiger partial charge >= 0.3 is 5.97 Å². The van der Waals surface area contributed by atoms with E-state index >= 15 is 0 Å². The van der Waals surface area contributed by atoms with Crippen LogP contribution in [0.3, 0.4) is 0 Å². The Morgan fingerprint density at radius 1 is 1.29 bits per heavy atom. The molecule has 2 N–H and O–H groups in total. The van der Waals surface area contributed by atoms with Gasteiger partial charge in [0, 0.05) is 4.88 Å². The summed E-state index contributed by atoms with van der Waals surface area (Å²) in [7, 11) is 0. The Morgan fingerprint density at radius 3 is 2.81 bits per heavy atom. The summed E-state index contributed by atoms with van der Waals surface area (Å²) in [5.41, 5.74) is 0.619. The van der Waals surface area contributed by atoms with Crippen LogP contribution in [0.15, 0.2) is 24.3 Å². The van der Waals surface area contributed by atoms with Crippen molar-refractivity contribution in [1.29, 1.82) is 0 Å². The molecule has 2 aromatic rings. The molecule has 1 amide bonds. The van der Waals surface area contributed by atoms with Crippen LogP contribution in [0.4, 0.5) is 10.1 Å². The Hall–Kier alpha value is -2.21. The van der Waals surface area contributed by atoms with E-state index in [-0.39, 0.29) is 11.3 Å². The number of halogens is 1. The number of amides is 1. The Labute approximate surface area is 124 Å². The van der Waals surface area contributed by atoms with E-state index in [1.54, 1.807) is 0 Å². The molecule has 21 heavy (non-hydrogen) atoms. The molecule has 0 aliphatic heterocycles. The molecule has 0 spiro atoms. The van der Waals surface area contributed by atoms with Gasteiger partial charge in [-0.2, -0.15) is 0 Å². The number of aryl methyl sites for hydroxylation is 2. The minimum atomic E-state index is -1.28. The number of thiophene rings is 1. The Morgan fingerprint density at radius 2 is 2.10 bits per heavy atom. The summed E-state index contributed by atoms with van der Waals surface area (Å²) in [6.45, 7) is 0. The molecule has 0 bridgehead atoms. The standard InChI is InChI=1S/C15H12FNO3S/c16-10-5-2-4-9(15(19)20)13(10)17-14(18)12-7-8-3-1-6-11(8)21-12/h2,4-5,7H,1,3,6H2,(H,17,18)(H,19,20). The molecule has 1 aliphatic rings. The Balaban J connectivity index is 1.89. The third kappa shape index (κ3) is 2.54. The number of nitrogens with one attached hydrogen (secondary N) is 1. The maximum absolute atomic E-state index is 13.8. The minimum absolute atomic E-state index is 0.257. The molecule has 1 heterocycles. The van der Waals surface area contributed by atoms with Gasteiger partial charge in [0.05, 0.1) is 16.1 Å². The number of anilines is 1. The van der Waals surface area contributed by atoms with Gasteiger partial charge in [0.1, 0.15) is 5.82 Å². The van der Waals surface area contributed by atoms with Crippen molar-refractivity contribution in [2.45, 2.75) is 19.3 Å². The van der Waals surface area contributed by atoms with E-state index in [9.17, 15) is 14.0 Å². The van der Waals surface area contributed by atoms with Crippen LogP contribution in [0, 0.1) is 5.82 Å². The number of hydrogen-bond donors (Lipinski definition) is 2. The zero-order chi connectivity index (χ0) is 15.0. The van der Waals surface area contributed by atoms with E-state index in [2.05, 4.69) is 5.32 Å². The number of carbonyl (C=O) groups excluding carboxylic acids is 1. The van der Waals surface area contributed by atoms with Crippen LogP contribution in [0.25, 0.3) is 0 Å². The van der Waals surface area contributed by atoms with Gasteiger partial charge in [0.25, 0.3) is 5.91 Å². The van der Waals surface area contributed by atoms with Crippen LogP contribution in [-0.4, -0.2) is 17.0 Å². The molecule has 3 rings (SSSR count). The maximum Gasteiger partial charge on any atom is 0.337 e. The fraction of sp³-hybridized carbons (Fsp3) is 0.200. The first-order valence-electron chi connectivity index (χ1n) is 6.51.